The van der Waals surface area contributed by atoms with E-state index in [2.05, 4.69) is 15.9 Å². The molecule has 0 N–H and O–H groups in total. The van der Waals surface area contributed by atoms with E-state index in [-0.39, 0.29) is 0 Å². The van der Waals surface area contributed by atoms with Crippen molar-refractivity contribution in [3.63, 3.8) is 0 Å². The van der Waals surface area contributed by atoms with Crippen LogP contribution in [0, 0.1) is 0 Å². The van der Waals surface area contributed by atoms with E-state index in [1.165, 1.54) is 5.56 Å². The van der Waals surface area contributed by atoms with Crippen LogP contribution in [0.3, 0.4) is 0 Å². The standard InChI is InChI=1S/C15H13BrClNO/c1-18(9-11-5-7-12(16)8-6-11)15-4-2-3-14(17)13(15)10-19/h2-8,10H,9H2,1H3. The highest BCUT2D eigenvalue weighted by Crippen LogP contribution is 2.26. The van der Waals surface area contributed by atoms with Crippen LogP contribution < -0.4 is 4.90 Å². The number of halogens is 2. The summed E-state index contributed by atoms with van der Waals surface area (Å²) in [5.74, 6) is 0. The van der Waals surface area contributed by atoms with Crippen LogP contribution in [0.2, 0.25) is 5.02 Å². The third-order valence-electron chi connectivity index (χ3n) is 2.89. The molecule has 2 nitrogen and oxygen atoms in total. The summed E-state index contributed by atoms with van der Waals surface area (Å²) in [6.45, 7) is 0.717. The minimum absolute atomic E-state index is 0.482. The summed E-state index contributed by atoms with van der Waals surface area (Å²) in [5, 5.41) is 0.482. The second-order valence-corrected chi connectivity index (χ2v) is 5.60. The third kappa shape index (κ3) is 3.37. The molecule has 0 heterocycles. The van der Waals surface area contributed by atoms with Crippen molar-refractivity contribution >= 4 is 39.5 Å². The van der Waals surface area contributed by atoms with Crippen molar-refractivity contribution in [2.24, 2.45) is 0 Å². The molecule has 2 aromatic carbocycles. The minimum atomic E-state index is 0.482. The molecule has 19 heavy (non-hydrogen) atoms. The van der Waals surface area contributed by atoms with E-state index >= 15 is 0 Å². The second kappa shape index (κ2) is 6.22. The van der Waals surface area contributed by atoms with Crippen molar-refractivity contribution in [3.8, 4) is 0 Å². The highest BCUT2D eigenvalue weighted by molar-refractivity contribution is 9.10. The van der Waals surface area contributed by atoms with Gasteiger partial charge in [-0.2, -0.15) is 0 Å². The Balaban J connectivity index is 2.25. The first-order chi connectivity index (χ1) is 9.11. The SMILES string of the molecule is CN(Cc1ccc(Br)cc1)c1cccc(Cl)c1C=O. The number of nitrogens with zero attached hydrogens (tertiary/aromatic N) is 1. The van der Waals surface area contributed by atoms with Gasteiger partial charge < -0.3 is 4.90 Å². The van der Waals surface area contributed by atoms with Crippen LogP contribution in [-0.2, 0) is 6.54 Å². The zero-order valence-corrected chi connectivity index (χ0v) is 12.8. The summed E-state index contributed by atoms with van der Waals surface area (Å²) >= 11 is 9.44. The number of benzene rings is 2. The monoisotopic (exact) mass is 337 g/mol. The minimum Gasteiger partial charge on any atom is -0.370 e. The summed E-state index contributed by atoms with van der Waals surface area (Å²) < 4.78 is 1.05. The lowest BCUT2D eigenvalue weighted by Crippen LogP contribution is -2.18. The van der Waals surface area contributed by atoms with Crippen LogP contribution in [0.15, 0.2) is 46.9 Å². The Morgan fingerprint density at radius 2 is 1.89 bits per heavy atom. The molecule has 0 saturated heterocycles. The first-order valence-corrected chi connectivity index (χ1v) is 6.98. The van der Waals surface area contributed by atoms with Gasteiger partial charge in [-0.05, 0) is 29.8 Å². The summed E-state index contributed by atoms with van der Waals surface area (Å²) in [6.07, 6.45) is 0.801. The molecule has 0 spiro atoms. The van der Waals surface area contributed by atoms with Crippen LogP contribution in [0.1, 0.15) is 15.9 Å². The van der Waals surface area contributed by atoms with Gasteiger partial charge in [0.05, 0.1) is 10.6 Å². The Morgan fingerprint density at radius 1 is 1.21 bits per heavy atom. The van der Waals surface area contributed by atoms with Crippen molar-refractivity contribution in [1.82, 2.24) is 0 Å². The van der Waals surface area contributed by atoms with Gasteiger partial charge in [0.25, 0.3) is 0 Å². The van der Waals surface area contributed by atoms with Gasteiger partial charge in [0.15, 0.2) is 6.29 Å². The van der Waals surface area contributed by atoms with Crippen LogP contribution in [0.5, 0.6) is 0 Å². The molecular formula is C15H13BrClNO. The van der Waals surface area contributed by atoms with Gasteiger partial charge in [0.1, 0.15) is 0 Å². The van der Waals surface area contributed by atoms with E-state index in [1.807, 2.05) is 48.3 Å². The molecule has 4 heteroatoms. The number of carbonyl (C=O) groups excluding carboxylic acids is 1. The summed E-state index contributed by atoms with van der Waals surface area (Å²) in [6, 6.07) is 13.6. The Hall–Kier alpha value is -1.32. The number of anilines is 1. The fraction of sp³-hybridized carbons (Fsp3) is 0.133. The number of hydrogen-bond acceptors (Lipinski definition) is 2. The van der Waals surface area contributed by atoms with E-state index in [0.717, 1.165) is 16.4 Å². The molecule has 0 unspecified atom stereocenters. The van der Waals surface area contributed by atoms with E-state index in [0.29, 0.717) is 17.1 Å². The Labute approximate surface area is 126 Å². The molecule has 0 aliphatic carbocycles. The molecule has 0 saturated carbocycles. The Bertz CT molecular complexity index is 583. The van der Waals surface area contributed by atoms with E-state index in [4.69, 9.17) is 11.6 Å². The first-order valence-electron chi connectivity index (χ1n) is 5.81. The molecule has 0 aromatic heterocycles. The topological polar surface area (TPSA) is 20.3 Å². The van der Waals surface area contributed by atoms with Gasteiger partial charge in [-0.1, -0.05) is 45.7 Å². The fourth-order valence-corrected chi connectivity index (χ4v) is 2.40. The molecule has 98 valence electrons. The van der Waals surface area contributed by atoms with Crippen molar-refractivity contribution < 1.29 is 4.79 Å². The van der Waals surface area contributed by atoms with Crippen molar-refractivity contribution in [2.45, 2.75) is 6.54 Å². The quantitative estimate of drug-likeness (QED) is 0.762. The maximum Gasteiger partial charge on any atom is 0.153 e. The molecule has 0 aliphatic heterocycles. The van der Waals surface area contributed by atoms with Gasteiger partial charge in [0.2, 0.25) is 0 Å². The van der Waals surface area contributed by atoms with Crippen LogP contribution in [0.25, 0.3) is 0 Å². The average molecular weight is 339 g/mol. The molecule has 0 fully saturated rings. The summed E-state index contributed by atoms with van der Waals surface area (Å²) in [4.78, 5) is 13.1. The summed E-state index contributed by atoms with van der Waals surface area (Å²) in [5.41, 5.74) is 2.54. The number of carbonyl (C=O) groups is 1. The fourth-order valence-electron chi connectivity index (χ4n) is 1.92. The number of aldehydes is 1. The highest BCUT2D eigenvalue weighted by atomic mass is 79.9. The lowest BCUT2D eigenvalue weighted by Gasteiger charge is -2.21. The smallest absolute Gasteiger partial charge is 0.153 e. The maximum atomic E-state index is 11.1. The van der Waals surface area contributed by atoms with E-state index < -0.39 is 0 Å². The van der Waals surface area contributed by atoms with E-state index in [1.54, 1.807) is 6.07 Å². The second-order valence-electron chi connectivity index (χ2n) is 4.27. The molecule has 0 bridgehead atoms. The Kier molecular flexibility index (Phi) is 4.61. The number of hydrogen-bond donors (Lipinski definition) is 0. The molecule has 2 aromatic rings. The molecule has 0 aliphatic rings. The van der Waals surface area contributed by atoms with Crippen molar-refractivity contribution in [3.05, 3.63) is 63.1 Å². The normalized spacial score (nSPS) is 10.3. The van der Waals surface area contributed by atoms with Gasteiger partial charge in [-0.3, -0.25) is 4.79 Å². The third-order valence-corrected chi connectivity index (χ3v) is 3.75. The van der Waals surface area contributed by atoms with Crippen LogP contribution in [0.4, 0.5) is 5.69 Å². The van der Waals surface area contributed by atoms with Gasteiger partial charge in [-0.25, -0.2) is 0 Å². The predicted molar refractivity (Wildman–Crippen MR) is 83.1 cm³/mol. The molecule has 0 amide bonds. The predicted octanol–water partition coefficient (Wildman–Crippen LogP) is 4.55. The first kappa shape index (κ1) is 14.1. The Morgan fingerprint density at radius 3 is 2.53 bits per heavy atom. The van der Waals surface area contributed by atoms with Gasteiger partial charge in [0, 0.05) is 23.8 Å². The number of rotatable bonds is 4. The molecule has 2 rings (SSSR count). The lowest BCUT2D eigenvalue weighted by atomic mass is 10.1. The molecule has 0 atom stereocenters. The van der Waals surface area contributed by atoms with Crippen molar-refractivity contribution in [1.29, 1.82) is 0 Å². The van der Waals surface area contributed by atoms with Gasteiger partial charge in [-0.15, -0.1) is 0 Å². The maximum absolute atomic E-state index is 11.1. The zero-order chi connectivity index (χ0) is 13.8. The lowest BCUT2D eigenvalue weighted by molar-refractivity contribution is 0.112. The van der Waals surface area contributed by atoms with Crippen molar-refractivity contribution in [2.75, 3.05) is 11.9 Å². The molecular weight excluding hydrogens is 326 g/mol. The average Bonchev–Trinajstić information content (AvgIpc) is 2.41. The largest absolute Gasteiger partial charge is 0.370 e. The van der Waals surface area contributed by atoms with Gasteiger partial charge >= 0.3 is 0 Å². The van der Waals surface area contributed by atoms with Crippen LogP contribution >= 0.6 is 27.5 Å². The van der Waals surface area contributed by atoms with E-state index in [9.17, 15) is 4.79 Å². The zero-order valence-electron chi connectivity index (χ0n) is 10.4. The highest BCUT2D eigenvalue weighted by Gasteiger charge is 2.10. The molecule has 0 radical (unpaired) electrons. The van der Waals surface area contributed by atoms with Crippen LogP contribution in [-0.4, -0.2) is 13.3 Å². The summed E-state index contributed by atoms with van der Waals surface area (Å²) in [7, 11) is 1.95.